The molecule has 2 fully saturated rings. The molecule has 2 aliphatic rings. The number of carbonyl (C=O) groups is 1. The van der Waals surface area contributed by atoms with E-state index in [0.717, 1.165) is 38.0 Å². The molecule has 0 radical (unpaired) electrons. The molecule has 0 aromatic carbocycles. The Balaban J connectivity index is 0.000000316. The van der Waals surface area contributed by atoms with Crippen molar-refractivity contribution in [2.45, 2.75) is 74.1 Å². The third kappa shape index (κ3) is 13.5. The van der Waals surface area contributed by atoms with Gasteiger partial charge >= 0.3 is 0 Å². The van der Waals surface area contributed by atoms with Gasteiger partial charge in [-0.1, -0.05) is 48.5 Å². The van der Waals surface area contributed by atoms with E-state index in [4.69, 9.17) is 0 Å². The number of nitrogens with zero attached hydrogens (tertiary/aromatic N) is 4. The van der Waals surface area contributed by atoms with E-state index in [-0.39, 0.29) is 0 Å². The highest BCUT2D eigenvalue weighted by Crippen LogP contribution is 2.10. The van der Waals surface area contributed by atoms with Gasteiger partial charge in [0.15, 0.2) is 0 Å². The lowest BCUT2D eigenvalue weighted by Crippen LogP contribution is -2.49. The van der Waals surface area contributed by atoms with Crippen molar-refractivity contribution < 1.29 is 4.79 Å². The van der Waals surface area contributed by atoms with Gasteiger partial charge in [-0.15, -0.1) is 0 Å². The lowest BCUT2D eigenvalue weighted by molar-refractivity contribution is -0.133. The molecule has 2 saturated heterocycles. The van der Waals surface area contributed by atoms with Crippen LogP contribution in [0.1, 0.15) is 74.1 Å². The van der Waals surface area contributed by atoms with Crippen LogP contribution < -0.4 is 0 Å². The van der Waals surface area contributed by atoms with Gasteiger partial charge in [-0.05, 0) is 56.7 Å². The SMILES string of the molecule is CC(C)CCN1CCN(C(=O)CC(C)C)CC1.CCCN1CCN(CCC(C)C)CC1. The first-order chi connectivity index (χ1) is 14.7. The van der Waals surface area contributed by atoms with Crippen LogP contribution in [0.3, 0.4) is 0 Å². The monoisotopic (exact) mass is 438 g/mol. The van der Waals surface area contributed by atoms with E-state index < -0.39 is 0 Å². The Labute approximate surface area is 194 Å². The fourth-order valence-corrected chi connectivity index (χ4v) is 4.13. The standard InChI is InChI=1S/C14H28N2O.C12H26N2/c1-12(2)5-6-15-7-9-16(10-8-15)14(17)11-13(3)4;1-4-6-13-8-10-14(11-9-13)7-5-12(2)3/h12-13H,5-11H2,1-4H3;12H,4-11H2,1-3H3. The molecule has 0 bridgehead atoms. The van der Waals surface area contributed by atoms with Gasteiger partial charge in [-0.2, -0.15) is 0 Å². The van der Waals surface area contributed by atoms with Crippen molar-refractivity contribution >= 4 is 5.91 Å². The number of rotatable bonds is 10. The first-order valence-corrected chi connectivity index (χ1v) is 13.2. The van der Waals surface area contributed by atoms with Crippen LogP contribution in [0.15, 0.2) is 0 Å². The number of hydrogen-bond acceptors (Lipinski definition) is 4. The zero-order valence-electron chi connectivity index (χ0n) is 22.0. The summed E-state index contributed by atoms with van der Waals surface area (Å²) >= 11 is 0. The molecule has 184 valence electrons. The van der Waals surface area contributed by atoms with Gasteiger partial charge in [0.1, 0.15) is 0 Å². The number of piperazine rings is 2. The van der Waals surface area contributed by atoms with Gasteiger partial charge in [0.2, 0.25) is 5.91 Å². The van der Waals surface area contributed by atoms with E-state index in [0.29, 0.717) is 18.2 Å². The maximum atomic E-state index is 11.9. The van der Waals surface area contributed by atoms with Crippen LogP contribution in [-0.4, -0.2) is 97.5 Å². The summed E-state index contributed by atoms with van der Waals surface area (Å²) in [4.78, 5) is 21.6. The summed E-state index contributed by atoms with van der Waals surface area (Å²) in [5.74, 6) is 2.43. The predicted octanol–water partition coefficient (Wildman–Crippen LogP) is 4.28. The molecule has 0 spiro atoms. The molecule has 0 N–H and O–H groups in total. The van der Waals surface area contributed by atoms with E-state index in [1.165, 1.54) is 65.1 Å². The summed E-state index contributed by atoms with van der Waals surface area (Å²) in [5, 5.41) is 0. The van der Waals surface area contributed by atoms with Gasteiger partial charge in [0, 0.05) is 58.8 Å². The van der Waals surface area contributed by atoms with E-state index in [1.807, 2.05) is 4.90 Å². The second kappa shape index (κ2) is 16.0. The Bertz CT molecular complexity index is 450. The molecule has 5 heteroatoms. The van der Waals surface area contributed by atoms with Crippen molar-refractivity contribution in [1.82, 2.24) is 19.6 Å². The average molecular weight is 439 g/mol. The smallest absolute Gasteiger partial charge is 0.222 e. The van der Waals surface area contributed by atoms with Gasteiger partial charge in [0.05, 0.1) is 0 Å². The Hall–Kier alpha value is -0.650. The summed E-state index contributed by atoms with van der Waals surface area (Å²) in [5.41, 5.74) is 0. The maximum absolute atomic E-state index is 11.9. The minimum absolute atomic E-state index is 0.337. The van der Waals surface area contributed by atoms with Crippen LogP contribution in [0, 0.1) is 17.8 Å². The van der Waals surface area contributed by atoms with Crippen LogP contribution >= 0.6 is 0 Å². The van der Waals surface area contributed by atoms with Crippen LogP contribution in [-0.2, 0) is 4.79 Å². The Morgan fingerprint density at radius 2 is 1.00 bits per heavy atom. The van der Waals surface area contributed by atoms with Crippen LogP contribution in [0.25, 0.3) is 0 Å². The number of amides is 1. The molecule has 0 aromatic rings. The fraction of sp³-hybridized carbons (Fsp3) is 0.962. The summed E-state index contributed by atoms with van der Waals surface area (Å²) in [6.07, 6.45) is 4.62. The normalized spacial score (nSPS) is 19.2. The molecular formula is C26H54N4O. The van der Waals surface area contributed by atoms with E-state index >= 15 is 0 Å². The molecule has 0 atom stereocenters. The Kier molecular flexibility index (Phi) is 14.7. The minimum atomic E-state index is 0.337. The van der Waals surface area contributed by atoms with Crippen molar-refractivity contribution in [2.24, 2.45) is 17.8 Å². The number of hydrogen-bond donors (Lipinski definition) is 0. The largest absolute Gasteiger partial charge is 0.340 e. The van der Waals surface area contributed by atoms with Crippen LogP contribution in [0.4, 0.5) is 0 Å². The summed E-state index contributed by atoms with van der Waals surface area (Å²) in [6.45, 7) is 28.5. The molecule has 1 amide bonds. The van der Waals surface area contributed by atoms with Gasteiger partial charge in [-0.25, -0.2) is 0 Å². The molecule has 2 rings (SSSR count). The highest BCUT2D eigenvalue weighted by atomic mass is 16.2. The van der Waals surface area contributed by atoms with E-state index in [2.05, 4.69) is 63.2 Å². The molecular weight excluding hydrogens is 384 g/mol. The quantitative estimate of drug-likeness (QED) is 0.509. The molecule has 0 unspecified atom stereocenters. The first kappa shape index (κ1) is 28.4. The predicted molar refractivity (Wildman–Crippen MR) is 135 cm³/mol. The van der Waals surface area contributed by atoms with Crippen molar-refractivity contribution in [3.8, 4) is 0 Å². The van der Waals surface area contributed by atoms with Crippen molar-refractivity contribution in [1.29, 1.82) is 0 Å². The van der Waals surface area contributed by atoms with E-state index in [9.17, 15) is 4.79 Å². The third-order valence-corrected chi connectivity index (χ3v) is 6.36. The fourth-order valence-electron chi connectivity index (χ4n) is 4.13. The Morgan fingerprint density at radius 1 is 0.613 bits per heavy atom. The van der Waals surface area contributed by atoms with Crippen molar-refractivity contribution in [3.63, 3.8) is 0 Å². The highest BCUT2D eigenvalue weighted by Gasteiger charge is 2.21. The summed E-state index contributed by atoms with van der Waals surface area (Å²) in [6, 6.07) is 0. The lowest BCUT2D eigenvalue weighted by Gasteiger charge is -2.35. The van der Waals surface area contributed by atoms with Crippen LogP contribution in [0.5, 0.6) is 0 Å². The third-order valence-electron chi connectivity index (χ3n) is 6.36. The van der Waals surface area contributed by atoms with Gasteiger partial charge in [-0.3, -0.25) is 9.69 Å². The Morgan fingerprint density at radius 3 is 1.35 bits per heavy atom. The summed E-state index contributed by atoms with van der Waals surface area (Å²) in [7, 11) is 0. The summed E-state index contributed by atoms with van der Waals surface area (Å²) < 4.78 is 0. The average Bonchev–Trinajstić information content (AvgIpc) is 2.72. The number of carbonyl (C=O) groups excluding carboxylic acids is 1. The highest BCUT2D eigenvalue weighted by molar-refractivity contribution is 5.76. The topological polar surface area (TPSA) is 30.0 Å². The zero-order valence-corrected chi connectivity index (χ0v) is 22.0. The molecule has 0 aromatic heterocycles. The molecule has 0 aliphatic carbocycles. The first-order valence-electron chi connectivity index (χ1n) is 13.2. The molecule has 0 saturated carbocycles. The van der Waals surface area contributed by atoms with E-state index in [1.54, 1.807) is 0 Å². The molecule has 5 nitrogen and oxygen atoms in total. The van der Waals surface area contributed by atoms with Gasteiger partial charge < -0.3 is 14.7 Å². The van der Waals surface area contributed by atoms with Crippen molar-refractivity contribution in [2.75, 3.05) is 72.0 Å². The van der Waals surface area contributed by atoms with Crippen molar-refractivity contribution in [3.05, 3.63) is 0 Å². The maximum Gasteiger partial charge on any atom is 0.222 e. The van der Waals surface area contributed by atoms with Gasteiger partial charge in [0.25, 0.3) is 0 Å². The molecule has 31 heavy (non-hydrogen) atoms. The molecule has 2 heterocycles. The lowest BCUT2D eigenvalue weighted by atomic mass is 10.1. The second-order valence-corrected chi connectivity index (χ2v) is 10.9. The second-order valence-electron chi connectivity index (χ2n) is 10.9. The molecule has 2 aliphatic heterocycles. The zero-order chi connectivity index (χ0) is 23.2. The van der Waals surface area contributed by atoms with Crippen LogP contribution in [0.2, 0.25) is 0 Å². The minimum Gasteiger partial charge on any atom is -0.340 e.